The molecule has 1 aliphatic heterocycles. The molecule has 1 heterocycles. The van der Waals surface area contributed by atoms with Crippen molar-refractivity contribution < 1.29 is 14.3 Å². The van der Waals surface area contributed by atoms with E-state index in [9.17, 15) is 10.1 Å². The molecule has 0 saturated heterocycles. The number of hydrogen-bond donors (Lipinski definition) is 1. The summed E-state index contributed by atoms with van der Waals surface area (Å²) in [4.78, 5) is 12.4. The molecule has 1 N–H and O–H groups in total. The first-order chi connectivity index (χ1) is 12.1. The lowest BCUT2D eigenvalue weighted by atomic mass is 10.0. The van der Waals surface area contributed by atoms with Crippen molar-refractivity contribution >= 4 is 17.7 Å². The van der Waals surface area contributed by atoms with Crippen LogP contribution in [0.1, 0.15) is 18.1 Å². The van der Waals surface area contributed by atoms with E-state index >= 15 is 0 Å². The van der Waals surface area contributed by atoms with E-state index in [1.165, 1.54) is 0 Å². The van der Waals surface area contributed by atoms with Crippen LogP contribution in [0.4, 0.5) is 5.69 Å². The molecule has 25 heavy (non-hydrogen) atoms. The second-order valence-corrected chi connectivity index (χ2v) is 5.86. The summed E-state index contributed by atoms with van der Waals surface area (Å²) in [7, 11) is 1.56. The van der Waals surface area contributed by atoms with Crippen molar-refractivity contribution in [2.45, 2.75) is 19.4 Å². The summed E-state index contributed by atoms with van der Waals surface area (Å²) in [5.74, 6) is 1.04. The van der Waals surface area contributed by atoms with Gasteiger partial charge in [-0.25, -0.2) is 0 Å². The van der Waals surface area contributed by atoms with Gasteiger partial charge in [0.1, 0.15) is 29.2 Å². The summed E-state index contributed by atoms with van der Waals surface area (Å²) in [5, 5.41) is 12.1. The van der Waals surface area contributed by atoms with E-state index < -0.39 is 5.91 Å². The predicted molar refractivity (Wildman–Crippen MR) is 95.4 cm³/mol. The van der Waals surface area contributed by atoms with Crippen molar-refractivity contribution in [2.75, 3.05) is 12.4 Å². The molecule has 5 nitrogen and oxygen atoms in total. The number of nitrogens with one attached hydrogen (secondary N) is 1. The lowest BCUT2D eigenvalue weighted by molar-refractivity contribution is -0.112. The molecule has 0 aromatic heterocycles. The van der Waals surface area contributed by atoms with Gasteiger partial charge in [0, 0.05) is 18.2 Å². The Balaban J connectivity index is 1.79. The average molecular weight is 334 g/mol. The van der Waals surface area contributed by atoms with Gasteiger partial charge in [0.15, 0.2) is 0 Å². The monoisotopic (exact) mass is 334 g/mol. The molecule has 0 saturated carbocycles. The fraction of sp³-hybridized carbons (Fsp3) is 0.200. The van der Waals surface area contributed by atoms with Crippen molar-refractivity contribution in [1.29, 1.82) is 5.26 Å². The third kappa shape index (κ3) is 3.81. The van der Waals surface area contributed by atoms with Crippen molar-refractivity contribution in [2.24, 2.45) is 0 Å². The number of ether oxygens (including phenoxy) is 2. The maximum absolute atomic E-state index is 12.4. The molecule has 126 valence electrons. The highest BCUT2D eigenvalue weighted by molar-refractivity contribution is 6.09. The maximum Gasteiger partial charge on any atom is 0.266 e. The third-order valence-corrected chi connectivity index (χ3v) is 3.92. The number of methoxy groups -OCH3 is 1. The molecule has 0 radical (unpaired) electrons. The Kier molecular flexibility index (Phi) is 4.71. The summed E-state index contributed by atoms with van der Waals surface area (Å²) in [6.07, 6.45) is 2.56. The van der Waals surface area contributed by atoms with Gasteiger partial charge in [-0.2, -0.15) is 5.26 Å². The van der Waals surface area contributed by atoms with Gasteiger partial charge in [0.05, 0.1) is 7.11 Å². The minimum absolute atomic E-state index is 0.0368. The molecular weight excluding hydrogens is 316 g/mol. The van der Waals surface area contributed by atoms with E-state index in [1.54, 1.807) is 37.5 Å². The van der Waals surface area contributed by atoms with Crippen LogP contribution >= 0.6 is 0 Å². The number of benzene rings is 2. The molecule has 1 atom stereocenters. The lowest BCUT2D eigenvalue weighted by Gasteiger charge is -2.06. The van der Waals surface area contributed by atoms with Crippen LogP contribution in [0.25, 0.3) is 6.08 Å². The van der Waals surface area contributed by atoms with Crippen LogP contribution in [0.3, 0.4) is 0 Å². The van der Waals surface area contributed by atoms with E-state index in [0.717, 1.165) is 23.3 Å². The van der Waals surface area contributed by atoms with Gasteiger partial charge >= 0.3 is 0 Å². The Hall–Kier alpha value is -3.26. The molecule has 1 aliphatic rings. The molecule has 3 rings (SSSR count). The van der Waals surface area contributed by atoms with Gasteiger partial charge in [-0.3, -0.25) is 4.79 Å². The highest BCUT2D eigenvalue weighted by Gasteiger charge is 2.19. The first-order valence-corrected chi connectivity index (χ1v) is 7.96. The second kappa shape index (κ2) is 7.10. The topological polar surface area (TPSA) is 71.3 Å². The maximum atomic E-state index is 12.4. The molecule has 0 unspecified atom stereocenters. The van der Waals surface area contributed by atoms with Gasteiger partial charge in [-0.1, -0.05) is 12.1 Å². The Morgan fingerprint density at radius 2 is 2.20 bits per heavy atom. The zero-order chi connectivity index (χ0) is 17.8. The molecule has 0 aliphatic carbocycles. The number of hydrogen-bond acceptors (Lipinski definition) is 4. The van der Waals surface area contributed by atoms with Crippen LogP contribution in [0.2, 0.25) is 0 Å². The van der Waals surface area contributed by atoms with E-state index in [1.807, 2.05) is 31.2 Å². The van der Waals surface area contributed by atoms with Gasteiger partial charge in [-0.15, -0.1) is 0 Å². The third-order valence-electron chi connectivity index (χ3n) is 3.92. The fourth-order valence-corrected chi connectivity index (χ4v) is 2.75. The number of fused-ring (bicyclic) bond motifs is 1. The highest BCUT2D eigenvalue weighted by atomic mass is 16.5. The second-order valence-electron chi connectivity index (χ2n) is 5.86. The number of nitrogens with zero attached hydrogens (tertiary/aromatic N) is 1. The summed E-state index contributed by atoms with van der Waals surface area (Å²) < 4.78 is 10.8. The van der Waals surface area contributed by atoms with Gasteiger partial charge < -0.3 is 14.8 Å². The van der Waals surface area contributed by atoms with E-state index in [-0.39, 0.29) is 11.7 Å². The Bertz CT molecular complexity index is 881. The van der Waals surface area contributed by atoms with Crippen LogP contribution in [0, 0.1) is 11.3 Å². The predicted octanol–water partition coefficient (Wildman–Crippen LogP) is 3.56. The standard InChI is InChI=1S/C20H18N2O3/c1-13-8-15-9-14(6-7-19(15)25-13)10-16(12-21)20(23)22-17-4-3-5-18(11-17)24-2/h3-7,9-11,13H,8H2,1-2H3,(H,22,23)/b16-10+/t13-/m0/s1. The summed E-state index contributed by atoms with van der Waals surface area (Å²) >= 11 is 0. The van der Waals surface area contributed by atoms with E-state index in [0.29, 0.717) is 11.4 Å². The van der Waals surface area contributed by atoms with Crippen molar-refractivity contribution in [1.82, 2.24) is 0 Å². The zero-order valence-corrected chi connectivity index (χ0v) is 14.1. The number of rotatable bonds is 4. The lowest BCUT2D eigenvalue weighted by Crippen LogP contribution is -2.13. The molecule has 2 aromatic rings. The van der Waals surface area contributed by atoms with Crippen LogP contribution in [-0.4, -0.2) is 19.1 Å². The molecule has 0 bridgehead atoms. The quantitative estimate of drug-likeness (QED) is 0.685. The van der Waals surface area contributed by atoms with E-state index in [2.05, 4.69) is 5.32 Å². The smallest absolute Gasteiger partial charge is 0.266 e. The van der Waals surface area contributed by atoms with Crippen LogP contribution in [-0.2, 0) is 11.2 Å². The Labute approximate surface area is 146 Å². The number of nitriles is 1. The zero-order valence-electron chi connectivity index (χ0n) is 14.1. The van der Waals surface area contributed by atoms with Gasteiger partial charge in [-0.05, 0) is 48.4 Å². The largest absolute Gasteiger partial charge is 0.497 e. The van der Waals surface area contributed by atoms with Crippen molar-refractivity contribution in [3.05, 3.63) is 59.2 Å². The van der Waals surface area contributed by atoms with E-state index in [4.69, 9.17) is 9.47 Å². The molecular formula is C20H18N2O3. The SMILES string of the molecule is COc1cccc(NC(=O)/C(C#N)=C/c2ccc3c(c2)C[C@H](C)O3)c1. The number of carbonyl (C=O) groups excluding carboxylic acids is 1. The summed E-state index contributed by atoms with van der Waals surface area (Å²) in [6.45, 7) is 2.01. The molecule has 0 fully saturated rings. The Morgan fingerprint density at radius 3 is 2.96 bits per heavy atom. The number of carbonyl (C=O) groups is 1. The van der Waals surface area contributed by atoms with Crippen LogP contribution in [0.15, 0.2) is 48.0 Å². The number of amides is 1. The fourth-order valence-electron chi connectivity index (χ4n) is 2.75. The van der Waals surface area contributed by atoms with Gasteiger partial charge in [0.25, 0.3) is 5.91 Å². The summed E-state index contributed by atoms with van der Waals surface area (Å²) in [5.41, 5.74) is 2.50. The highest BCUT2D eigenvalue weighted by Crippen LogP contribution is 2.30. The van der Waals surface area contributed by atoms with Crippen molar-refractivity contribution in [3.63, 3.8) is 0 Å². The summed E-state index contributed by atoms with van der Waals surface area (Å²) in [6, 6.07) is 14.6. The minimum Gasteiger partial charge on any atom is -0.497 e. The average Bonchev–Trinajstić information content (AvgIpc) is 2.98. The van der Waals surface area contributed by atoms with Crippen molar-refractivity contribution in [3.8, 4) is 17.6 Å². The normalized spacial score (nSPS) is 15.7. The number of anilines is 1. The van der Waals surface area contributed by atoms with Gasteiger partial charge in [0.2, 0.25) is 0 Å². The van der Waals surface area contributed by atoms with Crippen LogP contribution in [0.5, 0.6) is 11.5 Å². The Morgan fingerprint density at radius 1 is 1.36 bits per heavy atom. The first-order valence-electron chi connectivity index (χ1n) is 7.96. The molecule has 0 spiro atoms. The van der Waals surface area contributed by atoms with Crippen LogP contribution < -0.4 is 14.8 Å². The molecule has 1 amide bonds. The molecule has 5 heteroatoms. The molecule has 2 aromatic carbocycles. The minimum atomic E-state index is -0.458. The first kappa shape index (κ1) is 16.6.